The molecule has 0 aliphatic heterocycles. The number of carbonyl (C=O) groups excluding carboxylic acids is 3. The molecule has 1 aromatic rings. The molecule has 32 heavy (non-hydrogen) atoms. The van der Waals surface area contributed by atoms with Gasteiger partial charge in [0.1, 0.15) is 19.8 Å². The van der Waals surface area contributed by atoms with Crippen LogP contribution in [0.4, 0.5) is 0 Å². The molecule has 0 fully saturated rings. The van der Waals surface area contributed by atoms with Gasteiger partial charge in [-0.25, -0.2) is 24.0 Å². The SMILES string of the molecule is C=C(C)C(=O)OCC(C)(COC(=O)C(=C)C)COC(=O)c1cccc(C(=O)O)c1C(=O)O. The maximum absolute atomic E-state index is 12.6. The molecule has 0 atom stereocenters. The van der Waals surface area contributed by atoms with E-state index in [0.29, 0.717) is 0 Å². The van der Waals surface area contributed by atoms with E-state index in [9.17, 15) is 34.2 Å². The van der Waals surface area contributed by atoms with Crippen LogP contribution in [-0.2, 0) is 23.8 Å². The lowest BCUT2D eigenvalue weighted by Crippen LogP contribution is -2.37. The van der Waals surface area contributed by atoms with Crippen LogP contribution in [-0.4, -0.2) is 59.9 Å². The zero-order valence-electron chi connectivity index (χ0n) is 17.9. The Morgan fingerprint density at radius 1 is 0.812 bits per heavy atom. The predicted octanol–water partition coefficient (Wildman–Crippen LogP) is 2.48. The monoisotopic (exact) mass is 448 g/mol. The van der Waals surface area contributed by atoms with Gasteiger partial charge in [-0.05, 0) is 32.9 Å². The zero-order chi connectivity index (χ0) is 24.6. The van der Waals surface area contributed by atoms with Crippen molar-refractivity contribution in [3.05, 3.63) is 59.2 Å². The summed E-state index contributed by atoms with van der Waals surface area (Å²) >= 11 is 0. The smallest absolute Gasteiger partial charge is 0.339 e. The molecule has 10 heteroatoms. The van der Waals surface area contributed by atoms with Crippen molar-refractivity contribution in [2.24, 2.45) is 5.41 Å². The highest BCUT2D eigenvalue weighted by atomic mass is 16.6. The summed E-state index contributed by atoms with van der Waals surface area (Å²) in [5.74, 6) is -5.69. The minimum Gasteiger partial charge on any atom is -0.478 e. The number of carboxylic acid groups (broad SMARTS) is 2. The number of hydrogen-bond donors (Lipinski definition) is 2. The molecule has 1 rings (SSSR count). The van der Waals surface area contributed by atoms with Gasteiger partial charge in [-0.15, -0.1) is 0 Å². The van der Waals surface area contributed by atoms with E-state index in [1.807, 2.05) is 0 Å². The van der Waals surface area contributed by atoms with Crippen LogP contribution in [0, 0.1) is 5.41 Å². The van der Waals surface area contributed by atoms with Crippen LogP contribution < -0.4 is 0 Å². The topological polar surface area (TPSA) is 154 Å². The molecule has 0 saturated heterocycles. The van der Waals surface area contributed by atoms with Gasteiger partial charge in [0.15, 0.2) is 0 Å². The minimum atomic E-state index is -1.62. The zero-order valence-corrected chi connectivity index (χ0v) is 17.9. The van der Waals surface area contributed by atoms with Gasteiger partial charge in [-0.1, -0.05) is 19.2 Å². The van der Waals surface area contributed by atoms with Crippen molar-refractivity contribution < 1.29 is 48.4 Å². The number of hydrogen-bond acceptors (Lipinski definition) is 8. The van der Waals surface area contributed by atoms with Crippen LogP contribution in [0.3, 0.4) is 0 Å². The Labute approximate surface area is 184 Å². The molecule has 1 aromatic carbocycles. The van der Waals surface area contributed by atoms with E-state index in [1.165, 1.54) is 26.8 Å². The van der Waals surface area contributed by atoms with Gasteiger partial charge in [0.05, 0.1) is 22.1 Å². The quantitative estimate of drug-likeness (QED) is 0.293. The first-order valence-corrected chi connectivity index (χ1v) is 9.21. The summed E-state index contributed by atoms with van der Waals surface area (Å²) in [6.07, 6.45) is 0. The number of benzene rings is 1. The highest BCUT2D eigenvalue weighted by Gasteiger charge is 2.32. The lowest BCUT2D eigenvalue weighted by atomic mass is 9.94. The number of rotatable bonds is 11. The van der Waals surface area contributed by atoms with Gasteiger partial charge >= 0.3 is 29.8 Å². The van der Waals surface area contributed by atoms with Crippen molar-refractivity contribution in [2.45, 2.75) is 20.8 Å². The standard InChI is InChI=1S/C22H24O10/c1-12(2)19(27)30-9-22(5,10-31-20(28)13(3)4)11-32-21(29)15-8-6-7-14(17(23)24)16(15)18(25)26/h6-8H,1,3,9-11H2,2,4-5H3,(H,23,24)(H,25,26). The molecule has 0 unspecified atom stereocenters. The van der Waals surface area contributed by atoms with Gasteiger partial charge in [-0.3, -0.25) is 0 Å². The fourth-order valence-electron chi connectivity index (χ4n) is 2.30. The first kappa shape index (κ1) is 26.1. The number of ether oxygens (including phenoxy) is 3. The van der Waals surface area contributed by atoms with Crippen molar-refractivity contribution in [1.29, 1.82) is 0 Å². The molecule has 0 amide bonds. The summed E-state index contributed by atoms with van der Waals surface area (Å²) in [4.78, 5) is 58.9. The van der Waals surface area contributed by atoms with Crippen LogP contribution >= 0.6 is 0 Å². The Morgan fingerprint density at radius 2 is 1.25 bits per heavy atom. The molecular formula is C22H24O10. The average molecular weight is 448 g/mol. The van der Waals surface area contributed by atoms with Gasteiger partial charge in [0.25, 0.3) is 0 Å². The van der Waals surface area contributed by atoms with Crippen LogP contribution in [0.15, 0.2) is 42.5 Å². The maximum atomic E-state index is 12.6. The van der Waals surface area contributed by atoms with E-state index < -0.39 is 58.6 Å². The lowest BCUT2D eigenvalue weighted by molar-refractivity contribution is -0.150. The fraction of sp³-hybridized carbons (Fsp3) is 0.318. The van der Waals surface area contributed by atoms with E-state index >= 15 is 0 Å². The number of esters is 3. The Bertz CT molecular complexity index is 943. The third kappa shape index (κ3) is 7.08. The first-order chi connectivity index (χ1) is 14.8. The van der Waals surface area contributed by atoms with Crippen molar-refractivity contribution in [2.75, 3.05) is 19.8 Å². The Kier molecular flexibility index (Phi) is 8.88. The summed E-state index contributed by atoms with van der Waals surface area (Å²) in [5, 5.41) is 18.6. The van der Waals surface area contributed by atoms with Crippen molar-refractivity contribution >= 4 is 29.8 Å². The minimum absolute atomic E-state index is 0.125. The van der Waals surface area contributed by atoms with E-state index in [-0.39, 0.29) is 24.4 Å². The van der Waals surface area contributed by atoms with Crippen molar-refractivity contribution in [3.8, 4) is 0 Å². The molecule has 0 spiro atoms. The second-order valence-electron chi connectivity index (χ2n) is 7.44. The second-order valence-corrected chi connectivity index (χ2v) is 7.44. The third-order valence-electron chi connectivity index (χ3n) is 4.08. The van der Waals surface area contributed by atoms with Crippen LogP contribution in [0.5, 0.6) is 0 Å². The maximum Gasteiger partial charge on any atom is 0.339 e. The van der Waals surface area contributed by atoms with Crippen LogP contribution in [0.2, 0.25) is 0 Å². The van der Waals surface area contributed by atoms with Crippen molar-refractivity contribution in [1.82, 2.24) is 0 Å². The molecule has 2 N–H and O–H groups in total. The second kappa shape index (κ2) is 10.9. The molecule has 0 bridgehead atoms. The molecule has 0 aliphatic carbocycles. The molecule has 0 aliphatic rings. The van der Waals surface area contributed by atoms with Gasteiger partial charge in [0, 0.05) is 11.1 Å². The molecular weight excluding hydrogens is 424 g/mol. The summed E-state index contributed by atoms with van der Waals surface area (Å²) in [5.41, 5.74) is -2.74. The van der Waals surface area contributed by atoms with Crippen molar-refractivity contribution in [3.63, 3.8) is 0 Å². The Balaban J connectivity index is 3.10. The summed E-state index contributed by atoms with van der Waals surface area (Å²) in [7, 11) is 0. The summed E-state index contributed by atoms with van der Waals surface area (Å²) < 4.78 is 15.4. The third-order valence-corrected chi connectivity index (χ3v) is 4.08. The summed E-state index contributed by atoms with van der Waals surface area (Å²) in [6.45, 7) is 10.2. The fourth-order valence-corrected chi connectivity index (χ4v) is 2.30. The van der Waals surface area contributed by atoms with E-state index in [0.717, 1.165) is 12.1 Å². The summed E-state index contributed by atoms with van der Waals surface area (Å²) in [6, 6.07) is 3.35. The largest absolute Gasteiger partial charge is 0.478 e. The Hall–Kier alpha value is -3.95. The van der Waals surface area contributed by atoms with Crippen LogP contribution in [0.1, 0.15) is 51.8 Å². The molecule has 0 aromatic heterocycles. The van der Waals surface area contributed by atoms with E-state index in [2.05, 4.69) is 13.2 Å². The predicted molar refractivity (Wildman–Crippen MR) is 110 cm³/mol. The van der Waals surface area contributed by atoms with E-state index in [1.54, 1.807) is 0 Å². The average Bonchev–Trinajstić information content (AvgIpc) is 2.73. The number of aromatic carboxylic acids is 2. The first-order valence-electron chi connectivity index (χ1n) is 9.21. The highest BCUT2D eigenvalue weighted by molar-refractivity contribution is 6.09. The molecule has 10 nitrogen and oxygen atoms in total. The van der Waals surface area contributed by atoms with Gasteiger partial charge in [0.2, 0.25) is 0 Å². The molecule has 172 valence electrons. The van der Waals surface area contributed by atoms with E-state index in [4.69, 9.17) is 14.2 Å². The highest BCUT2D eigenvalue weighted by Crippen LogP contribution is 2.22. The van der Waals surface area contributed by atoms with Gasteiger partial charge in [-0.2, -0.15) is 0 Å². The van der Waals surface area contributed by atoms with Gasteiger partial charge < -0.3 is 24.4 Å². The molecule has 0 radical (unpaired) electrons. The lowest BCUT2D eigenvalue weighted by Gasteiger charge is -2.28. The number of carboxylic acids is 2. The Morgan fingerprint density at radius 3 is 1.66 bits per heavy atom. The number of carbonyl (C=O) groups is 5. The molecule has 0 heterocycles. The normalized spacial score (nSPS) is 10.6. The molecule has 0 saturated carbocycles. The van der Waals surface area contributed by atoms with Crippen LogP contribution in [0.25, 0.3) is 0 Å².